The molecule has 0 aromatic carbocycles. The fourth-order valence-electron chi connectivity index (χ4n) is 4.05. The summed E-state index contributed by atoms with van der Waals surface area (Å²) in [4.78, 5) is 18.5. The number of fused-ring (bicyclic) bond motifs is 1. The van der Waals surface area contributed by atoms with Crippen molar-refractivity contribution in [3.05, 3.63) is 42.9 Å². The second kappa shape index (κ2) is 7.95. The Morgan fingerprint density at radius 2 is 2.13 bits per heavy atom. The molecule has 0 bridgehead atoms. The lowest BCUT2D eigenvalue weighted by Gasteiger charge is -2.28. The van der Waals surface area contributed by atoms with Crippen molar-refractivity contribution < 1.29 is 14.3 Å². The highest BCUT2D eigenvalue weighted by Crippen LogP contribution is 2.30. The van der Waals surface area contributed by atoms with E-state index in [4.69, 9.17) is 9.47 Å². The minimum atomic E-state index is -0.0884. The summed E-state index contributed by atoms with van der Waals surface area (Å²) >= 11 is 0. The Morgan fingerprint density at radius 1 is 1.27 bits per heavy atom. The molecule has 5 heterocycles. The summed E-state index contributed by atoms with van der Waals surface area (Å²) in [7, 11) is 0. The predicted molar refractivity (Wildman–Crippen MR) is 113 cm³/mol. The number of amides is 1. The smallest absolute Gasteiger partial charge is 0.220 e. The van der Waals surface area contributed by atoms with Gasteiger partial charge in [-0.3, -0.25) is 9.78 Å². The van der Waals surface area contributed by atoms with Gasteiger partial charge in [0.15, 0.2) is 0 Å². The minimum Gasteiger partial charge on any atom is -0.488 e. The van der Waals surface area contributed by atoms with Crippen molar-refractivity contribution in [2.75, 3.05) is 37.7 Å². The van der Waals surface area contributed by atoms with Crippen molar-refractivity contribution in [2.45, 2.75) is 19.4 Å². The zero-order valence-electron chi connectivity index (χ0n) is 17.0. The van der Waals surface area contributed by atoms with E-state index in [9.17, 15) is 4.79 Å². The molecule has 2 aliphatic heterocycles. The molecule has 2 atom stereocenters. The number of hydrogen-bond acceptors (Lipinski definition) is 6. The van der Waals surface area contributed by atoms with Crippen LogP contribution >= 0.6 is 0 Å². The molecule has 30 heavy (non-hydrogen) atoms. The normalized spacial score (nSPS) is 20.4. The fraction of sp³-hybridized carbons (Fsp3) is 0.409. The molecule has 3 aromatic heterocycles. The summed E-state index contributed by atoms with van der Waals surface area (Å²) in [6.45, 7) is 5.93. The monoisotopic (exact) mass is 407 g/mol. The van der Waals surface area contributed by atoms with E-state index in [1.54, 1.807) is 6.20 Å². The Kier molecular flexibility index (Phi) is 5.00. The van der Waals surface area contributed by atoms with Crippen molar-refractivity contribution >= 4 is 17.1 Å². The maximum absolute atomic E-state index is 11.6. The summed E-state index contributed by atoms with van der Waals surface area (Å²) in [5.74, 6) is 0.995. The number of hydrogen-bond donors (Lipinski definition) is 1. The summed E-state index contributed by atoms with van der Waals surface area (Å²) in [5, 5.41) is 7.27. The van der Waals surface area contributed by atoms with Gasteiger partial charge in [-0.25, -0.2) is 4.52 Å². The average molecular weight is 407 g/mol. The number of anilines is 1. The second-order valence-electron chi connectivity index (χ2n) is 7.85. The van der Waals surface area contributed by atoms with Gasteiger partial charge < -0.3 is 19.7 Å². The van der Waals surface area contributed by atoms with Crippen molar-refractivity contribution in [3.8, 4) is 17.0 Å². The van der Waals surface area contributed by atoms with Crippen molar-refractivity contribution in [2.24, 2.45) is 5.92 Å². The standard InChI is InChI=1S/C22H25N5O3/c1-15(16-11-22(28)24-12-16)30-21-10-17(14-27-20(21)4-5-25-27)19-3-2-18(13-23-19)26-6-8-29-9-7-26/h2-5,10,13-16H,6-9,11-12H2,1H3,(H,24,28). The summed E-state index contributed by atoms with van der Waals surface area (Å²) in [6, 6.07) is 8.06. The lowest BCUT2D eigenvalue weighted by atomic mass is 10.0. The molecular formula is C22H25N5O3. The van der Waals surface area contributed by atoms with Gasteiger partial charge in [0.25, 0.3) is 0 Å². The third-order valence-corrected chi connectivity index (χ3v) is 5.88. The maximum atomic E-state index is 11.6. The lowest BCUT2D eigenvalue weighted by Crippen LogP contribution is -2.36. The van der Waals surface area contributed by atoms with Crippen LogP contribution in [0.25, 0.3) is 16.8 Å². The van der Waals surface area contributed by atoms with Gasteiger partial charge in [-0.2, -0.15) is 5.10 Å². The van der Waals surface area contributed by atoms with Gasteiger partial charge >= 0.3 is 0 Å². The van der Waals surface area contributed by atoms with Gasteiger partial charge in [0.05, 0.1) is 37.0 Å². The summed E-state index contributed by atoms with van der Waals surface area (Å²) in [6.07, 6.45) is 6.04. The number of carbonyl (C=O) groups excluding carboxylic acids is 1. The Bertz CT molecular complexity index is 1040. The van der Waals surface area contributed by atoms with Gasteiger partial charge in [0.2, 0.25) is 5.91 Å². The number of carbonyl (C=O) groups is 1. The van der Waals surface area contributed by atoms with Crippen molar-refractivity contribution in [1.29, 1.82) is 0 Å². The van der Waals surface area contributed by atoms with Crippen molar-refractivity contribution in [3.63, 3.8) is 0 Å². The first-order valence-electron chi connectivity index (χ1n) is 10.4. The predicted octanol–water partition coefficient (Wildman–Crippen LogP) is 2.14. The second-order valence-corrected chi connectivity index (χ2v) is 7.85. The largest absolute Gasteiger partial charge is 0.488 e. The number of ether oxygens (including phenoxy) is 2. The number of morpholine rings is 1. The third-order valence-electron chi connectivity index (χ3n) is 5.88. The first-order valence-corrected chi connectivity index (χ1v) is 10.4. The Balaban J connectivity index is 1.41. The highest BCUT2D eigenvalue weighted by atomic mass is 16.5. The first kappa shape index (κ1) is 18.9. The summed E-state index contributed by atoms with van der Waals surface area (Å²) in [5.41, 5.74) is 3.79. The summed E-state index contributed by atoms with van der Waals surface area (Å²) < 4.78 is 13.5. The molecule has 0 aliphatic carbocycles. The SMILES string of the molecule is CC(Oc1cc(-c2ccc(N3CCOCC3)cn2)cn2nccc12)C1CNC(=O)C1. The highest BCUT2D eigenvalue weighted by Gasteiger charge is 2.28. The van der Waals surface area contributed by atoms with E-state index in [0.717, 1.165) is 54.5 Å². The minimum absolute atomic E-state index is 0.0864. The van der Waals surface area contributed by atoms with E-state index in [1.807, 2.05) is 42.0 Å². The molecule has 0 radical (unpaired) electrons. The molecule has 2 saturated heterocycles. The molecular weight excluding hydrogens is 382 g/mol. The molecule has 8 heteroatoms. The quantitative estimate of drug-likeness (QED) is 0.698. The highest BCUT2D eigenvalue weighted by molar-refractivity contribution is 5.78. The number of nitrogens with one attached hydrogen (secondary N) is 1. The molecule has 0 spiro atoms. The van der Waals surface area contributed by atoms with Gasteiger partial charge in [-0.15, -0.1) is 0 Å². The van der Waals surface area contributed by atoms with Crippen LogP contribution in [0.1, 0.15) is 13.3 Å². The molecule has 3 aromatic rings. The van der Waals surface area contributed by atoms with Gasteiger partial charge in [0, 0.05) is 43.7 Å². The zero-order valence-corrected chi connectivity index (χ0v) is 17.0. The molecule has 8 nitrogen and oxygen atoms in total. The van der Waals surface area contributed by atoms with Crippen LogP contribution in [-0.2, 0) is 9.53 Å². The molecule has 5 rings (SSSR count). The van der Waals surface area contributed by atoms with E-state index < -0.39 is 0 Å². The topological polar surface area (TPSA) is 81.0 Å². The van der Waals surface area contributed by atoms with E-state index in [2.05, 4.69) is 26.4 Å². The molecule has 156 valence electrons. The van der Waals surface area contributed by atoms with E-state index in [0.29, 0.717) is 13.0 Å². The van der Waals surface area contributed by atoms with E-state index in [1.165, 1.54) is 0 Å². The van der Waals surface area contributed by atoms with E-state index in [-0.39, 0.29) is 17.9 Å². The fourth-order valence-corrected chi connectivity index (χ4v) is 4.05. The Morgan fingerprint density at radius 3 is 2.87 bits per heavy atom. The maximum Gasteiger partial charge on any atom is 0.220 e. The number of nitrogens with zero attached hydrogens (tertiary/aromatic N) is 4. The van der Waals surface area contributed by atoms with Crippen molar-refractivity contribution in [1.82, 2.24) is 19.9 Å². The van der Waals surface area contributed by atoms with Crippen LogP contribution in [0, 0.1) is 5.92 Å². The number of aromatic nitrogens is 3. The van der Waals surface area contributed by atoms with Crippen LogP contribution in [0.4, 0.5) is 5.69 Å². The van der Waals surface area contributed by atoms with E-state index >= 15 is 0 Å². The molecule has 2 unspecified atom stereocenters. The van der Waals surface area contributed by atoms with Crippen LogP contribution in [0.5, 0.6) is 5.75 Å². The van der Waals surface area contributed by atoms with Gasteiger partial charge in [-0.1, -0.05) is 0 Å². The lowest BCUT2D eigenvalue weighted by molar-refractivity contribution is -0.119. The first-order chi connectivity index (χ1) is 14.7. The van der Waals surface area contributed by atoms with Crippen LogP contribution in [-0.4, -0.2) is 59.5 Å². The van der Waals surface area contributed by atoms with Crippen LogP contribution < -0.4 is 15.0 Å². The average Bonchev–Trinajstić information content (AvgIpc) is 3.43. The molecule has 2 fully saturated rings. The van der Waals surface area contributed by atoms with Crippen LogP contribution in [0.3, 0.4) is 0 Å². The molecule has 1 amide bonds. The molecule has 0 saturated carbocycles. The van der Waals surface area contributed by atoms with Crippen LogP contribution in [0.2, 0.25) is 0 Å². The molecule has 1 N–H and O–H groups in total. The zero-order chi connectivity index (χ0) is 20.5. The Hall–Kier alpha value is -3.13. The number of pyridine rings is 2. The Labute approximate surface area is 174 Å². The number of rotatable bonds is 5. The molecule has 2 aliphatic rings. The third kappa shape index (κ3) is 3.70. The van der Waals surface area contributed by atoms with Gasteiger partial charge in [0.1, 0.15) is 17.4 Å². The van der Waals surface area contributed by atoms with Crippen LogP contribution in [0.15, 0.2) is 42.9 Å². The van der Waals surface area contributed by atoms with Gasteiger partial charge in [-0.05, 0) is 31.2 Å².